The van der Waals surface area contributed by atoms with Gasteiger partial charge in [-0.3, -0.25) is 0 Å². The summed E-state index contributed by atoms with van der Waals surface area (Å²) in [5.74, 6) is 1.49. The predicted molar refractivity (Wildman–Crippen MR) is 79.0 cm³/mol. The maximum atomic E-state index is 9.54. The SMILES string of the molecule is CC(O)c1ccc(Oc2cccc(Br)c2)cc1Br. The van der Waals surface area contributed by atoms with E-state index in [1.54, 1.807) is 6.92 Å². The number of ether oxygens (including phenoxy) is 1. The topological polar surface area (TPSA) is 29.5 Å². The summed E-state index contributed by atoms with van der Waals surface area (Å²) in [5, 5.41) is 9.54. The van der Waals surface area contributed by atoms with E-state index >= 15 is 0 Å². The van der Waals surface area contributed by atoms with Crippen LogP contribution in [0.3, 0.4) is 0 Å². The van der Waals surface area contributed by atoms with E-state index < -0.39 is 6.10 Å². The van der Waals surface area contributed by atoms with Gasteiger partial charge in [-0.05, 0) is 42.8 Å². The summed E-state index contributed by atoms with van der Waals surface area (Å²) in [5.41, 5.74) is 0.844. The van der Waals surface area contributed by atoms with Crippen molar-refractivity contribution < 1.29 is 9.84 Å². The lowest BCUT2D eigenvalue weighted by Crippen LogP contribution is -1.93. The zero-order valence-corrected chi connectivity index (χ0v) is 12.9. The number of aliphatic hydroxyl groups is 1. The standard InChI is InChI=1S/C14H12Br2O2/c1-9(17)13-6-5-12(8-14(13)16)18-11-4-2-3-10(15)7-11/h2-9,17H,1H3. The Morgan fingerprint density at radius 1 is 1.06 bits per heavy atom. The molecule has 94 valence electrons. The Morgan fingerprint density at radius 3 is 2.39 bits per heavy atom. The fourth-order valence-corrected chi connectivity index (χ4v) is 2.64. The van der Waals surface area contributed by atoms with Crippen LogP contribution < -0.4 is 4.74 Å². The molecule has 1 unspecified atom stereocenters. The fraction of sp³-hybridized carbons (Fsp3) is 0.143. The molecule has 2 rings (SSSR count). The molecule has 1 N–H and O–H groups in total. The van der Waals surface area contributed by atoms with Gasteiger partial charge in [0.25, 0.3) is 0 Å². The van der Waals surface area contributed by atoms with Crippen molar-refractivity contribution in [2.75, 3.05) is 0 Å². The molecule has 18 heavy (non-hydrogen) atoms. The number of hydrogen-bond acceptors (Lipinski definition) is 2. The van der Waals surface area contributed by atoms with E-state index in [1.807, 2.05) is 42.5 Å². The van der Waals surface area contributed by atoms with E-state index in [1.165, 1.54) is 0 Å². The minimum absolute atomic E-state index is 0.501. The number of rotatable bonds is 3. The van der Waals surface area contributed by atoms with Crippen LogP contribution in [0.5, 0.6) is 11.5 Å². The quantitative estimate of drug-likeness (QED) is 0.817. The zero-order valence-electron chi connectivity index (χ0n) is 9.73. The van der Waals surface area contributed by atoms with Crippen LogP contribution >= 0.6 is 31.9 Å². The van der Waals surface area contributed by atoms with Crippen LogP contribution in [0.25, 0.3) is 0 Å². The summed E-state index contributed by atoms with van der Waals surface area (Å²) in [7, 11) is 0. The molecule has 1 atom stereocenters. The highest BCUT2D eigenvalue weighted by molar-refractivity contribution is 9.10. The molecule has 0 heterocycles. The van der Waals surface area contributed by atoms with Crippen LogP contribution in [0, 0.1) is 0 Å². The maximum absolute atomic E-state index is 9.54. The number of benzene rings is 2. The Kier molecular flexibility index (Phi) is 4.43. The Balaban J connectivity index is 2.23. The van der Waals surface area contributed by atoms with Gasteiger partial charge in [0.15, 0.2) is 0 Å². The van der Waals surface area contributed by atoms with Gasteiger partial charge in [0.1, 0.15) is 11.5 Å². The highest BCUT2D eigenvalue weighted by atomic mass is 79.9. The van der Waals surface area contributed by atoms with Gasteiger partial charge in [0.05, 0.1) is 6.10 Å². The van der Waals surface area contributed by atoms with Crippen molar-refractivity contribution in [1.82, 2.24) is 0 Å². The largest absolute Gasteiger partial charge is 0.457 e. The first-order chi connectivity index (χ1) is 8.56. The smallest absolute Gasteiger partial charge is 0.128 e. The van der Waals surface area contributed by atoms with Gasteiger partial charge in [0.2, 0.25) is 0 Å². The van der Waals surface area contributed by atoms with Gasteiger partial charge in [-0.1, -0.05) is 44.0 Å². The zero-order chi connectivity index (χ0) is 13.1. The number of halogens is 2. The van der Waals surface area contributed by atoms with Crippen molar-refractivity contribution >= 4 is 31.9 Å². The first-order valence-corrected chi connectivity index (χ1v) is 7.06. The molecule has 0 saturated carbocycles. The second-order valence-corrected chi connectivity index (χ2v) is 5.69. The molecule has 0 amide bonds. The summed E-state index contributed by atoms with van der Waals surface area (Å²) in [6.45, 7) is 1.73. The molecule has 0 aliphatic heterocycles. The molecule has 0 bridgehead atoms. The third-order valence-electron chi connectivity index (χ3n) is 2.45. The summed E-state index contributed by atoms with van der Waals surface area (Å²) in [6, 6.07) is 13.2. The molecule has 0 aliphatic carbocycles. The van der Waals surface area contributed by atoms with Gasteiger partial charge in [-0.15, -0.1) is 0 Å². The van der Waals surface area contributed by atoms with Crippen molar-refractivity contribution in [2.45, 2.75) is 13.0 Å². The van der Waals surface area contributed by atoms with Crippen molar-refractivity contribution in [2.24, 2.45) is 0 Å². The van der Waals surface area contributed by atoms with E-state index in [0.717, 1.165) is 26.0 Å². The van der Waals surface area contributed by atoms with E-state index in [2.05, 4.69) is 31.9 Å². The minimum atomic E-state index is -0.501. The van der Waals surface area contributed by atoms with Gasteiger partial charge in [-0.2, -0.15) is 0 Å². The lowest BCUT2D eigenvalue weighted by Gasteiger charge is -2.10. The lowest BCUT2D eigenvalue weighted by molar-refractivity contribution is 0.198. The summed E-state index contributed by atoms with van der Waals surface area (Å²) in [6.07, 6.45) is -0.501. The molecular weight excluding hydrogens is 360 g/mol. The Bertz CT molecular complexity index is 553. The summed E-state index contributed by atoms with van der Waals surface area (Å²) >= 11 is 6.82. The second-order valence-electron chi connectivity index (χ2n) is 3.92. The van der Waals surface area contributed by atoms with Gasteiger partial charge < -0.3 is 9.84 Å². The molecule has 0 fully saturated rings. The molecular formula is C14H12Br2O2. The Morgan fingerprint density at radius 2 is 1.78 bits per heavy atom. The predicted octanol–water partition coefficient (Wildman–Crippen LogP) is 5.06. The molecule has 4 heteroatoms. The Labute approximate surface area is 123 Å². The number of aliphatic hydroxyl groups excluding tert-OH is 1. The van der Waals surface area contributed by atoms with E-state index in [4.69, 9.17) is 4.74 Å². The highest BCUT2D eigenvalue weighted by Crippen LogP contribution is 2.30. The van der Waals surface area contributed by atoms with Crippen molar-refractivity contribution in [3.63, 3.8) is 0 Å². The third kappa shape index (κ3) is 3.34. The van der Waals surface area contributed by atoms with E-state index in [-0.39, 0.29) is 0 Å². The molecule has 0 spiro atoms. The van der Waals surface area contributed by atoms with Crippen LogP contribution in [0.4, 0.5) is 0 Å². The van der Waals surface area contributed by atoms with Gasteiger partial charge in [0, 0.05) is 8.95 Å². The molecule has 2 aromatic rings. The first kappa shape index (κ1) is 13.6. The van der Waals surface area contributed by atoms with Crippen LogP contribution in [0.15, 0.2) is 51.4 Å². The second kappa shape index (κ2) is 5.87. The average molecular weight is 372 g/mol. The molecule has 0 aliphatic rings. The normalized spacial score (nSPS) is 12.2. The molecule has 0 saturated heterocycles. The molecule has 2 nitrogen and oxygen atoms in total. The van der Waals surface area contributed by atoms with E-state index in [0.29, 0.717) is 0 Å². The number of hydrogen-bond donors (Lipinski definition) is 1. The van der Waals surface area contributed by atoms with Crippen molar-refractivity contribution in [3.8, 4) is 11.5 Å². The summed E-state index contributed by atoms with van der Waals surface area (Å²) in [4.78, 5) is 0. The van der Waals surface area contributed by atoms with Crippen LogP contribution in [-0.2, 0) is 0 Å². The van der Waals surface area contributed by atoms with Gasteiger partial charge in [-0.25, -0.2) is 0 Å². The van der Waals surface area contributed by atoms with Crippen LogP contribution in [0.1, 0.15) is 18.6 Å². The van der Waals surface area contributed by atoms with Crippen molar-refractivity contribution in [3.05, 3.63) is 57.0 Å². The minimum Gasteiger partial charge on any atom is -0.457 e. The molecule has 0 radical (unpaired) electrons. The van der Waals surface area contributed by atoms with Crippen molar-refractivity contribution in [1.29, 1.82) is 0 Å². The monoisotopic (exact) mass is 370 g/mol. The maximum Gasteiger partial charge on any atom is 0.128 e. The van der Waals surface area contributed by atoms with Crippen LogP contribution in [0.2, 0.25) is 0 Å². The van der Waals surface area contributed by atoms with Gasteiger partial charge >= 0.3 is 0 Å². The lowest BCUT2D eigenvalue weighted by atomic mass is 10.1. The molecule has 2 aromatic carbocycles. The van der Waals surface area contributed by atoms with Crippen LogP contribution in [-0.4, -0.2) is 5.11 Å². The average Bonchev–Trinajstić information content (AvgIpc) is 2.28. The first-order valence-electron chi connectivity index (χ1n) is 5.47. The Hall–Kier alpha value is -0.840. The summed E-state index contributed by atoms with van der Waals surface area (Å²) < 4.78 is 7.54. The fourth-order valence-electron chi connectivity index (χ4n) is 1.58. The third-order valence-corrected chi connectivity index (χ3v) is 3.63. The van der Waals surface area contributed by atoms with E-state index in [9.17, 15) is 5.11 Å². The molecule has 0 aromatic heterocycles. The highest BCUT2D eigenvalue weighted by Gasteiger charge is 2.07.